The minimum Gasteiger partial charge on any atom is -0.448 e. The van der Waals surface area contributed by atoms with Gasteiger partial charge in [-0.25, -0.2) is 4.79 Å². The van der Waals surface area contributed by atoms with Crippen LogP contribution in [-0.2, 0) is 11.3 Å². The Hall–Kier alpha value is -4.00. The molecule has 0 atom stereocenters. The van der Waals surface area contributed by atoms with Crippen LogP contribution in [0.25, 0.3) is 21.6 Å². The number of amides is 1. The van der Waals surface area contributed by atoms with Crippen LogP contribution in [0.2, 0.25) is 0 Å². The lowest BCUT2D eigenvalue weighted by molar-refractivity contribution is 0.0728. The quantitative estimate of drug-likeness (QED) is 0.212. The highest BCUT2D eigenvalue weighted by molar-refractivity contribution is 5.79. The van der Waals surface area contributed by atoms with Gasteiger partial charge in [0.2, 0.25) is 0 Å². The Labute approximate surface area is 210 Å². The number of fused-ring (bicyclic) bond motifs is 3. The minimum atomic E-state index is -0.266. The lowest BCUT2D eigenvalue weighted by Crippen LogP contribution is -2.48. The summed E-state index contributed by atoms with van der Waals surface area (Å²) in [6.45, 7) is 7.49. The molecule has 8 heteroatoms. The Morgan fingerprint density at radius 3 is 2.25 bits per heavy atom. The van der Waals surface area contributed by atoms with E-state index in [-0.39, 0.29) is 12.0 Å². The SMILES string of the molecule is Cc1c(N)cc(CN2CCN(C(=O)OCC3c4ccccc4-c4ccccc43)CC2)c(C)c1N=[N+]=[N-]. The van der Waals surface area contributed by atoms with Gasteiger partial charge >= 0.3 is 6.09 Å². The summed E-state index contributed by atoms with van der Waals surface area (Å²) in [6.07, 6.45) is -0.266. The first-order valence-corrected chi connectivity index (χ1v) is 12.2. The number of carbonyl (C=O) groups excluding carboxylic acids is 1. The second kappa shape index (κ2) is 9.93. The lowest BCUT2D eigenvalue weighted by atomic mass is 9.98. The predicted octanol–water partition coefficient (Wildman–Crippen LogP) is 5.89. The summed E-state index contributed by atoms with van der Waals surface area (Å²) in [5, 5.41) is 3.85. The van der Waals surface area contributed by atoms with Crippen LogP contribution in [0, 0.1) is 13.8 Å². The Kier molecular flexibility index (Phi) is 6.55. The van der Waals surface area contributed by atoms with E-state index in [4.69, 9.17) is 16.0 Å². The fourth-order valence-corrected chi connectivity index (χ4v) is 5.35. The van der Waals surface area contributed by atoms with Gasteiger partial charge in [-0.1, -0.05) is 53.6 Å². The molecule has 1 saturated heterocycles. The maximum absolute atomic E-state index is 12.9. The molecule has 1 amide bonds. The number of nitrogen functional groups attached to an aromatic ring is 1. The zero-order valence-electron chi connectivity index (χ0n) is 20.6. The Balaban J connectivity index is 1.19. The molecule has 0 spiro atoms. The highest BCUT2D eigenvalue weighted by Crippen LogP contribution is 2.44. The molecule has 8 nitrogen and oxygen atoms in total. The molecule has 0 bridgehead atoms. The van der Waals surface area contributed by atoms with Crippen molar-refractivity contribution >= 4 is 17.5 Å². The molecule has 2 aliphatic rings. The molecule has 0 unspecified atom stereocenters. The predicted molar refractivity (Wildman–Crippen MR) is 141 cm³/mol. The third-order valence-corrected chi connectivity index (χ3v) is 7.46. The second-order valence-corrected chi connectivity index (χ2v) is 9.48. The van der Waals surface area contributed by atoms with Crippen LogP contribution in [0.4, 0.5) is 16.2 Å². The zero-order valence-corrected chi connectivity index (χ0v) is 20.6. The fraction of sp³-hybridized carbons (Fsp3) is 0.321. The van der Waals surface area contributed by atoms with Crippen molar-refractivity contribution < 1.29 is 9.53 Å². The van der Waals surface area contributed by atoms with Crippen LogP contribution < -0.4 is 5.73 Å². The normalized spacial score (nSPS) is 15.2. The molecule has 3 aromatic carbocycles. The maximum Gasteiger partial charge on any atom is 0.409 e. The molecule has 0 saturated carbocycles. The first-order chi connectivity index (χ1) is 17.5. The van der Waals surface area contributed by atoms with Gasteiger partial charge in [0.15, 0.2) is 0 Å². The van der Waals surface area contributed by atoms with Gasteiger partial charge in [0, 0.05) is 54.9 Å². The first-order valence-electron chi connectivity index (χ1n) is 12.2. The van der Waals surface area contributed by atoms with Gasteiger partial charge < -0.3 is 15.4 Å². The van der Waals surface area contributed by atoms with Crippen molar-refractivity contribution in [1.82, 2.24) is 9.80 Å². The molecule has 1 heterocycles. The van der Waals surface area contributed by atoms with Crippen LogP contribution in [-0.4, -0.2) is 48.7 Å². The molecule has 184 valence electrons. The lowest BCUT2D eigenvalue weighted by Gasteiger charge is -2.34. The number of piperazine rings is 1. The summed E-state index contributed by atoms with van der Waals surface area (Å²) < 4.78 is 5.83. The van der Waals surface area contributed by atoms with Gasteiger partial charge in [0.25, 0.3) is 0 Å². The first kappa shape index (κ1) is 23.7. The molecule has 1 aliphatic heterocycles. The van der Waals surface area contributed by atoms with E-state index in [0.717, 1.165) is 29.8 Å². The number of azide groups is 1. The van der Waals surface area contributed by atoms with E-state index < -0.39 is 0 Å². The molecule has 0 aromatic heterocycles. The summed E-state index contributed by atoms with van der Waals surface area (Å²) in [5.41, 5.74) is 23.9. The van der Waals surface area contributed by atoms with Crippen LogP contribution >= 0.6 is 0 Å². The molecule has 3 aromatic rings. The molecule has 0 radical (unpaired) electrons. The van der Waals surface area contributed by atoms with Crippen LogP contribution in [0.1, 0.15) is 33.7 Å². The number of rotatable bonds is 5. The summed E-state index contributed by atoms with van der Waals surface area (Å²) >= 11 is 0. The van der Waals surface area contributed by atoms with Crippen molar-refractivity contribution in [3.05, 3.63) is 92.9 Å². The average Bonchev–Trinajstić information content (AvgIpc) is 3.22. The number of ether oxygens (including phenoxy) is 1. The molecule has 36 heavy (non-hydrogen) atoms. The van der Waals surface area contributed by atoms with Gasteiger partial charge in [-0.05, 0) is 64.4 Å². The Morgan fingerprint density at radius 1 is 1.03 bits per heavy atom. The van der Waals surface area contributed by atoms with Crippen LogP contribution in [0.5, 0.6) is 0 Å². The molecule has 2 N–H and O–H groups in total. The molecule has 1 aliphatic carbocycles. The Bertz CT molecular complexity index is 1310. The van der Waals surface area contributed by atoms with Gasteiger partial charge in [-0.15, -0.1) is 0 Å². The van der Waals surface area contributed by atoms with Crippen molar-refractivity contribution in [2.45, 2.75) is 26.3 Å². The number of carbonyl (C=O) groups is 1. The van der Waals surface area contributed by atoms with Gasteiger partial charge in [-0.2, -0.15) is 0 Å². The van der Waals surface area contributed by atoms with E-state index >= 15 is 0 Å². The summed E-state index contributed by atoms with van der Waals surface area (Å²) in [4.78, 5) is 19.9. The van der Waals surface area contributed by atoms with Crippen molar-refractivity contribution in [1.29, 1.82) is 0 Å². The topological polar surface area (TPSA) is 108 Å². The number of nitrogens with zero attached hydrogens (tertiary/aromatic N) is 5. The monoisotopic (exact) mass is 482 g/mol. The van der Waals surface area contributed by atoms with Crippen LogP contribution in [0.15, 0.2) is 59.7 Å². The summed E-state index contributed by atoms with van der Waals surface area (Å²) in [6, 6.07) is 18.7. The van der Waals surface area contributed by atoms with E-state index in [1.165, 1.54) is 22.3 Å². The second-order valence-electron chi connectivity index (χ2n) is 9.48. The molecular weight excluding hydrogens is 452 g/mol. The van der Waals surface area contributed by atoms with Crippen molar-refractivity contribution in [2.24, 2.45) is 5.11 Å². The van der Waals surface area contributed by atoms with Crippen LogP contribution in [0.3, 0.4) is 0 Å². The van der Waals surface area contributed by atoms with Gasteiger partial charge in [-0.3, -0.25) is 4.90 Å². The number of hydrogen-bond donors (Lipinski definition) is 1. The molecule has 5 rings (SSSR count). The molecule has 1 fully saturated rings. The zero-order chi connectivity index (χ0) is 25.2. The highest BCUT2D eigenvalue weighted by atomic mass is 16.6. The fourth-order valence-electron chi connectivity index (χ4n) is 5.35. The van der Waals surface area contributed by atoms with Gasteiger partial charge in [0.05, 0.1) is 0 Å². The highest BCUT2D eigenvalue weighted by Gasteiger charge is 2.30. The van der Waals surface area contributed by atoms with Crippen molar-refractivity contribution in [3.63, 3.8) is 0 Å². The Morgan fingerprint density at radius 2 is 1.64 bits per heavy atom. The average molecular weight is 483 g/mol. The van der Waals surface area contributed by atoms with E-state index in [0.29, 0.717) is 37.6 Å². The van der Waals surface area contributed by atoms with E-state index in [2.05, 4.69) is 39.2 Å². The smallest absolute Gasteiger partial charge is 0.409 e. The van der Waals surface area contributed by atoms with Crippen molar-refractivity contribution in [3.8, 4) is 11.1 Å². The number of benzene rings is 3. The van der Waals surface area contributed by atoms with Crippen molar-refractivity contribution in [2.75, 3.05) is 38.5 Å². The summed E-state index contributed by atoms with van der Waals surface area (Å²) in [5.74, 6) is 0.0582. The standard InChI is InChI=1S/C28H30N6O2/c1-18-20(15-26(29)19(2)27(18)31-32-30)16-33-11-13-34(14-12-33)28(35)36-17-25-23-9-5-3-7-21(23)22-8-4-6-10-24(22)25/h3-10,15,25H,11-14,16-17,29H2,1-2H3. The third kappa shape index (κ3) is 4.37. The number of hydrogen-bond acceptors (Lipinski definition) is 5. The number of nitrogens with two attached hydrogens (primary N) is 1. The summed E-state index contributed by atoms with van der Waals surface area (Å²) in [7, 11) is 0. The van der Waals surface area contributed by atoms with Gasteiger partial charge in [0.1, 0.15) is 6.61 Å². The van der Waals surface area contributed by atoms with E-state index in [1.54, 1.807) is 4.90 Å². The minimum absolute atomic E-state index is 0.0582. The van der Waals surface area contributed by atoms with E-state index in [9.17, 15) is 4.79 Å². The number of anilines is 1. The largest absolute Gasteiger partial charge is 0.448 e. The molecular formula is C28H30N6O2. The van der Waals surface area contributed by atoms with E-state index in [1.807, 2.05) is 44.2 Å². The maximum atomic E-state index is 12.9. The third-order valence-electron chi connectivity index (χ3n) is 7.46.